The van der Waals surface area contributed by atoms with Crippen molar-refractivity contribution in [3.63, 3.8) is 0 Å². The fraction of sp³-hybridized carbons (Fsp3) is 0.273. The number of nitrogens with one attached hydrogen (secondary N) is 1. The number of rotatable bonds is 1. The predicted octanol–water partition coefficient (Wildman–Crippen LogP) is 2.53. The summed E-state index contributed by atoms with van der Waals surface area (Å²) in [5.74, 6) is 0. The molecule has 2 rings (SSSR count). The van der Waals surface area contributed by atoms with E-state index in [1.165, 1.54) is 22.2 Å². The average molecular weight is 174 g/mol. The van der Waals surface area contributed by atoms with Crippen LogP contribution in [0.1, 0.15) is 5.56 Å². The molecule has 2 aromatic rings. The van der Waals surface area contributed by atoms with Gasteiger partial charge in [0.15, 0.2) is 0 Å². The van der Waals surface area contributed by atoms with Crippen LogP contribution >= 0.6 is 0 Å². The molecule has 0 saturated carbocycles. The molecule has 0 spiro atoms. The van der Waals surface area contributed by atoms with Gasteiger partial charge in [0.05, 0.1) is 11.2 Å². The number of benzene rings is 1. The Hall–Kier alpha value is -1.44. The first-order valence-corrected chi connectivity index (χ1v) is 4.46. The van der Waals surface area contributed by atoms with Crippen molar-refractivity contribution in [2.24, 2.45) is 7.05 Å². The van der Waals surface area contributed by atoms with Crippen LogP contribution in [0.2, 0.25) is 0 Å². The second kappa shape index (κ2) is 2.80. The van der Waals surface area contributed by atoms with Gasteiger partial charge in [-0.25, -0.2) is 0 Å². The molecule has 0 amide bonds. The molecule has 2 nitrogen and oxygen atoms in total. The summed E-state index contributed by atoms with van der Waals surface area (Å²) in [6.07, 6.45) is 2.16. The first-order chi connectivity index (χ1) is 6.24. The maximum Gasteiger partial charge on any atom is 0.0716 e. The average Bonchev–Trinajstić information content (AvgIpc) is 2.43. The number of aryl methyl sites for hydroxylation is 2. The van der Waals surface area contributed by atoms with E-state index in [1.54, 1.807) is 0 Å². The molecule has 0 saturated heterocycles. The Morgan fingerprint density at radius 2 is 2.08 bits per heavy atom. The van der Waals surface area contributed by atoms with Crippen molar-refractivity contribution in [1.29, 1.82) is 0 Å². The summed E-state index contributed by atoms with van der Waals surface area (Å²) in [6, 6.07) is 6.34. The predicted molar refractivity (Wildman–Crippen MR) is 57.2 cm³/mol. The molecule has 13 heavy (non-hydrogen) atoms. The fourth-order valence-electron chi connectivity index (χ4n) is 1.87. The summed E-state index contributed by atoms with van der Waals surface area (Å²) >= 11 is 0. The van der Waals surface area contributed by atoms with Gasteiger partial charge in [0.2, 0.25) is 0 Å². The smallest absolute Gasteiger partial charge is 0.0716 e. The van der Waals surface area contributed by atoms with Crippen LogP contribution in [-0.2, 0) is 7.05 Å². The molecule has 1 heterocycles. The number of fused-ring (bicyclic) bond motifs is 1. The molecule has 0 unspecified atom stereocenters. The molecule has 2 heteroatoms. The van der Waals surface area contributed by atoms with E-state index in [9.17, 15) is 0 Å². The summed E-state index contributed by atoms with van der Waals surface area (Å²) in [5.41, 5.74) is 3.80. The first kappa shape index (κ1) is 8.17. The summed E-state index contributed by atoms with van der Waals surface area (Å²) in [4.78, 5) is 0. The number of anilines is 1. The molecule has 68 valence electrons. The Bertz CT molecular complexity index is 441. The number of para-hydroxylation sites is 1. The van der Waals surface area contributed by atoms with E-state index in [-0.39, 0.29) is 0 Å². The SMILES string of the molecule is CNc1cccc2c(C)cn(C)c12. The lowest BCUT2D eigenvalue weighted by molar-refractivity contribution is 0.964. The molecular formula is C11H14N2. The Morgan fingerprint density at radius 1 is 1.31 bits per heavy atom. The third kappa shape index (κ3) is 1.10. The van der Waals surface area contributed by atoms with Gasteiger partial charge in [-0.3, -0.25) is 0 Å². The van der Waals surface area contributed by atoms with Crippen LogP contribution in [0.25, 0.3) is 10.9 Å². The molecular weight excluding hydrogens is 160 g/mol. The lowest BCUT2D eigenvalue weighted by Gasteiger charge is -2.04. The minimum absolute atomic E-state index is 1.19. The van der Waals surface area contributed by atoms with E-state index in [4.69, 9.17) is 0 Å². The van der Waals surface area contributed by atoms with Gasteiger partial charge < -0.3 is 9.88 Å². The Balaban J connectivity index is 2.88. The van der Waals surface area contributed by atoms with Crippen molar-refractivity contribution in [2.45, 2.75) is 6.92 Å². The molecule has 0 aliphatic carbocycles. The zero-order chi connectivity index (χ0) is 9.42. The third-order valence-electron chi connectivity index (χ3n) is 2.47. The minimum Gasteiger partial charge on any atom is -0.386 e. The largest absolute Gasteiger partial charge is 0.386 e. The molecule has 0 aliphatic heterocycles. The molecule has 0 radical (unpaired) electrons. The van der Waals surface area contributed by atoms with E-state index < -0.39 is 0 Å². The summed E-state index contributed by atoms with van der Waals surface area (Å²) in [6.45, 7) is 2.14. The van der Waals surface area contributed by atoms with E-state index in [0.717, 1.165) is 0 Å². The zero-order valence-electron chi connectivity index (χ0n) is 8.26. The van der Waals surface area contributed by atoms with Crippen molar-refractivity contribution in [3.8, 4) is 0 Å². The second-order valence-electron chi connectivity index (χ2n) is 3.37. The van der Waals surface area contributed by atoms with E-state index in [0.29, 0.717) is 0 Å². The van der Waals surface area contributed by atoms with Gasteiger partial charge in [-0.05, 0) is 18.6 Å². The van der Waals surface area contributed by atoms with Crippen LogP contribution in [0.15, 0.2) is 24.4 Å². The normalized spacial score (nSPS) is 10.7. The standard InChI is InChI=1S/C11H14N2/c1-8-7-13(3)11-9(8)5-4-6-10(11)12-2/h4-7,12H,1-3H3. The van der Waals surface area contributed by atoms with Crippen LogP contribution in [0.3, 0.4) is 0 Å². The summed E-state index contributed by atoms with van der Waals surface area (Å²) in [7, 11) is 4.04. The van der Waals surface area contributed by atoms with E-state index >= 15 is 0 Å². The van der Waals surface area contributed by atoms with Gasteiger partial charge in [-0.2, -0.15) is 0 Å². The lowest BCUT2D eigenvalue weighted by atomic mass is 10.2. The fourth-order valence-corrected chi connectivity index (χ4v) is 1.87. The highest BCUT2D eigenvalue weighted by Gasteiger charge is 2.05. The first-order valence-electron chi connectivity index (χ1n) is 4.46. The number of aromatic nitrogens is 1. The zero-order valence-corrected chi connectivity index (χ0v) is 8.26. The van der Waals surface area contributed by atoms with E-state index in [1.807, 2.05) is 7.05 Å². The van der Waals surface area contributed by atoms with Gasteiger partial charge in [0.1, 0.15) is 0 Å². The van der Waals surface area contributed by atoms with Crippen LogP contribution in [-0.4, -0.2) is 11.6 Å². The minimum atomic E-state index is 1.19. The van der Waals surface area contributed by atoms with Crippen molar-refractivity contribution in [1.82, 2.24) is 4.57 Å². The Morgan fingerprint density at radius 3 is 2.77 bits per heavy atom. The van der Waals surface area contributed by atoms with Crippen LogP contribution in [0.5, 0.6) is 0 Å². The van der Waals surface area contributed by atoms with Gasteiger partial charge in [0, 0.05) is 25.7 Å². The highest BCUT2D eigenvalue weighted by molar-refractivity contribution is 5.93. The Kier molecular flexibility index (Phi) is 1.76. The number of nitrogens with zero attached hydrogens (tertiary/aromatic N) is 1. The molecule has 0 aliphatic rings. The van der Waals surface area contributed by atoms with Crippen molar-refractivity contribution in [2.75, 3.05) is 12.4 Å². The molecule has 0 atom stereocenters. The molecule has 0 bridgehead atoms. The van der Waals surface area contributed by atoms with Gasteiger partial charge in [-0.15, -0.1) is 0 Å². The van der Waals surface area contributed by atoms with Gasteiger partial charge >= 0.3 is 0 Å². The van der Waals surface area contributed by atoms with Crippen molar-refractivity contribution < 1.29 is 0 Å². The molecule has 0 fully saturated rings. The van der Waals surface area contributed by atoms with Crippen LogP contribution in [0.4, 0.5) is 5.69 Å². The topological polar surface area (TPSA) is 17.0 Å². The number of hydrogen-bond acceptors (Lipinski definition) is 1. The quantitative estimate of drug-likeness (QED) is 0.703. The van der Waals surface area contributed by atoms with Crippen molar-refractivity contribution in [3.05, 3.63) is 30.0 Å². The molecule has 1 aromatic carbocycles. The maximum absolute atomic E-state index is 3.20. The highest BCUT2D eigenvalue weighted by atomic mass is 15.0. The second-order valence-corrected chi connectivity index (χ2v) is 3.37. The monoisotopic (exact) mass is 174 g/mol. The highest BCUT2D eigenvalue weighted by Crippen LogP contribution is 2.26. The Labute approximate surface area is 78.2 Å². The molecule has 1 aromatic heterocycles. The summed E-state index contributed by atoms with van der Waals surface area (Å²) in [5, 5.41) is 4.53. The summed E-state index contributed by atoms with van der Waals surface area (Å²) < 4.78 is 2.16. The third-order valence-corrected chi connectivity index (χ3v) is 2.47. The van der Waals surface area contributed by atoms with Crippen LogP contribution in [0, 0.1) is 6.92 Å². The van der Waals surface area contributed by atoms with Crippen LogP contribution < -0.4 is 5.32 Å². The maximum atomic E-state index is 3.20. The van der Waals surface area contributed by atoms with Crippen molar-refractivity contribution >= 4 is 16.6 Å². The molecule has 1 N–H and O–H groups in total. The van der Waals surface area contributed by atoms with Gasteiger partial charge in [-0.1, -0.05) is 12.1 Å². The van der Waals surface area contributed by atoms with E-state index in [2.05, 4.69) is 48.3 Å². The number of hydrogen-bond donors (Lipinski definition) is 1. The van der Waals surface area contributed by atoms with Gasteiger partial charge in [0.25, 0.3) is 0 Å². The lowest BCUT2D eigenvalue weighted by Crippen LogP contribution is -1.92.